The van der Waals surface area contributed by atoms with E-state index in [1.807, 2.05) is 7.05 Å². The van der Waals surface area contributed by atoms with Gasteiger partial charge in [-0.1, -0.05) is 41.5 Å². The van der Waals surface area contributed by atoms with Crippen LogP contribution in [0.25, 0.3) is 0 Å². The van der Waals surface area contributed by atoms with Crippen LogP contribution in [0.3, 0.4) is 0 Å². The molecular weight excluding hydrogens is 184 g/mol. The second-order valence-corrected chi connectivity index (χ2v) is 5.99. The molecule has 2 nitrogen and oxygen atoms in total. The molecule has 1 N–H and O–H groups in total. The van der Waals surface area contributed by atoms with Gasteiger partial charge in [-0.05, 0) is 24.9 Å². The summed E-state index contributed by atoms with van der Waals surface area (Å²) in [4.78, 5) is 2.60. The van der Waals surface area contributed by atoms with Gasteiger partial charge in [0, 0.05) is 19.1 Å². The maximum atomic E-state index is 3.31. The minimum Gasteiger partial charge on any atom is -0.318 e. The summed E-state index contributed by atoms with van der Waals surface area (Å²) in [6, 6.07) is 0.652. The van der Waals surface area contributed by atoms with E-state index in [9.17, 15) is 0 Å². The van der Waals surface area contributed by atoms with Gasteiger partial charge in [0.2, 0.25) is 0 Å². The van der Waals surface area contributed by atoms with Crippen LogP contribution in [0.1, 0.15) is 41.5 Å². The Balaban J connectivity index is 4.45. The molecule has 1 atom stereocenters. The predicted molar refractivity (Wildman–Crippen MR) is 69.3 cm³/mol. The van der Waals surface area contributed by atoms with Crippen molar-refractivity contribution in [1.29, 1.82) is 0 Å². The van der Waals surface area contributed by atoms with Crippen molar-refractivity contribution in [2.24, 2.45) is 11.3 Å². The van der Waals surface area contributed by atoms with Crippen LogP contribution in [0.2, 0.25) is 0 Å². The van der Waals surface area contributed by atoms with Gasteiger partial charge in [0.25, 0.3) is 0 Å². The van der Waals surface area contributed by atoms with Crippen molar-refractivity contribution in [3.05, 3.63) is 0 Å². The fourth-order valence-electron chi connectivity index (χ4n) is 2.07. The molecule has 0 heterocycles. The third-order valence-corrected chi connectivity index (χ3v) is 2.74. The highest BCUT2D eigenvalue weighted by Crippen LogP contribution is 2.19. The van der Waals surface area contributed by atoms with E-state index in [2.05, 4.69) is 51.8 Å². The summed E-state index contributed by atoms with van der Waals surface area (Å²) < 4.78 is 0. The van der Waals surface area contributed by atoms with Gasteiger partial charge in [-0.2, -0.15) is 0 Å². The summed E-state index contributed by atoms with van der Waals surface area (Å²) in [5.74, 6) is 0.708. The molecule has 0 spiro atoms. The van der Waals surface area contributed by atoms with E-state index >= 15 is 0 Å². The maximum Gasteiger partial charge on any atom is 0.0243 e. The predicted octanol–water partition coefficient (Wildman–Crippen LogP) is 2.60. The summed E-state index contributed by atoms with van der Waals surface area (Å²) in [6.07, 6.45) is 0. The van der Waals surface area contributed by atoms with Gasteiger partial charge in [0.15, 0.2) is 0 Å². The standard InChI is InChI=1S/C13H30N2/c1-8-15(10-13(4,5)6)12(9-14-7)11(2)3/h11-12,14H,8-10H2,1-7H3. The lowest BCUT2D eigenvalue weighted by Gasteiger charge is -2.37. The monoisotopic (exact) mass is 214 g/mol. The first-order valence-electron chi connectivity index (χ1n) is 6.20. The van der Waals surface area contributed by atoms with Crippen LogP contribution in [0, 0.1) is 11.3 Å². The van der Waals surface area contributed by atoms with E-state index in [-0.39, 0.29) is 0 Å². The minimum absolute atomic E-state index is 0.386. The SMILES string of the molecule is CCN(CC(C)(C)C)C(CNC)C(C)C. The maximum absolute atomic E-state index is 3.31. The molecule has 0 radical (unpaired) electrons. The Morgan fingerprint density at radius 2 is 1.73 bits per heavy atom. The van der Waals surface area contributed by atoms with E-state index in [1.54, 1.807) is 0 Å². The van der Waals surface area contributed by atoms with Crippen molar-refractivity contribution in [3.63, 3.8) is 0 Å². The summed E-state index contributed by atoms with van der Waals surface area (Å²) >= 11 is 0. The smallest absolute Gasteiger partial charge is 0.0243 e. The Labute approximate surface area is 96.4 Å². The molecule has 0 bridgehead atoms. The number of likely N-dealkylation sites (N-methyl/N-ethyl adjacent to an activating group) is 2. The summed E-state index contributed by atoms with van der Waals surface area (Å²) in [5.41, 5.74) is 0.386. The molecule has 92 valence electrons. The second-order valence-electron chi connectivity index (χ2n) is 5.99. The normalized spacial score (nSPS) is 15.0. The molecule has 1 unspecified atom stereocenters. The third kappa shape index (κ3) is 6.16. The first-order chi connectivity index (χ1) is 6.81. The fraction of sp³-hybridized carbons (Fsp3) is 1.00. The van der Waals surface area contributed by atoms with E-state index in [4.69, 9.17) is 0 Å². The van der Waals surface area contributed by atoms with Crippen LogP contribution in [0.4, 0.5) is 0 Å². The van der Waals surface area contributed by atoms with Gasteiger partial charge in [-0.25, -0.2) is 0 Å². The molecule has 0 saturated heterocycles. The zero-order valence-corrected chi connectivity index (χ0v) is 11.7. The highest BCUT2D eigenvalue weighted by Gasteiger charge is 2.24. The van der Waals surface area contributed by atoms with Crippen LogP contribution in [0.5, 0.6) is 0 Å². The quantitative estimate of drug-likeness (QED) is 0.731. The number of nitrogens with zero attached hydrogens (tertiary/aromatic N) is 1. The first-order valence-corrected chi connectivity index (χ1v) is 6.20. The average molecular weight is 214 g/mol. The Hall–Kier alpha value is -0.0800. The van der Waals surface area contributed by atoms with Crippen LogP contribution >= 0.6 is 0 Å². The molecule has 0 aromatic carbocycles. The highest BCUT2D eigenvalue weighted by atomic mass is 15.2. The number of nitrogens with one attached hydrogen (secondary N) is 1. The van der Waals surface area contributed by atoms with Crippen molar-refractivity contribution >= 4 is 0 Å². The molecule has 0 fully saturated rings. The molecule has 0 aliphatic carbocycles. The zero-order valence-electron chi connectivity index (χ0n) is 11.7. The van der Waals surface area contributed by atoms with Crippen molar-refractivity contribution in [2.45, 2.75) is 47.6 Å². The van der Waals surface area contributed by atoms with Gasteiger partial charge in [0.05, 0.1) is 0 Å². The Morgan fingerprint density at radius 3 is 2.00 bits per heavy atom. The zero-order chi connectivity index (χ0) is 12.1. The molecule has 0 rings (SSSR count). The Bertz CT molecular complexity index is 158. The van der Waals surface area contributed by atoms with Crippen molar-refractivity contribution in [1.82, 2.24) is 10.2 Å². The van der Waals surface area contributed by atoms with E-state index in [1.165, 1.54) is 6.54 Å². The number of hydrogen-bond acceptors (Lipinski definition) is 2. The second kappa shape index (κ2) is 6.49. The van der Waals surface area contributed by atoms with Crippen molar-refractivity contribution in [3.8, 4) is 0 Å². The van der Waals surface area contributed by atoms with Crippen molar-refractivity contribution < 1.29 is 0 Å². The molecular formula is C13H30N2. The topological polar surface area (TPSA) is 15.3 Å². The van der Waals surface area contributed by atoms with E-state index in [0.29, 0.717) is 17.4 Å². The molecule has 0 aliphatic heterocycles. The third-order valence-electron chi connectivity index (χ3n) is 2.74. The lowest BCUT2D eigenvalue weighted by atomic mass is 9.93. The largest absolute Gasteiger partial charge is 0.318 e. The average Bonchev–Trinajstić information content (AvgIpc) is 2.08. The lowest BCUT2D eigenvalue weighted by Crippen LogP contribution is -2.47. The van der Waals surface area contributed by atoms with Crippen molar-refractivity contribution in [2.75, 3.05) is 26.7 Å². The Morgan fingerprint density at radius 1 is 1.20 bits per heavy atom. The fourth-order valence-corrected chi connectivity index (χ4v) is 2.07. The molecule has 0 aromatic rings. The highest BCUT2D eigenvalue weighted by molar-refractivity contribution is 4.79. The minimum atomic E-state index is 0.386. The molecule has 2 heteroatoms. The molecule has 0 aromatic heterocycles. The van der Waals surface area contributed by atoms with Gasteiger partial charge < -0.3 is 5.32 Å². The molecule has 0 aliphatic rings. The lowest BCUT2D eigenvalue weighted by molar-refractivity contribution is 0.114. The summed E-state index contributed by atoms with van der Waals surface area (Å²) in [7, 11) is 2.04. The summed E-state index contributed by atoms with van der Waals surface area (Å²) in [6.45, 7) is 17.2. The van der Waals surface area contributed by atoms with Crippen LogP contribution in [-0.4, -0.2) is 37.6 Å². The first kappa shape index (κ1) is 14.9. The summed E-state index contributed by atoms with van der Waals surface area (Å²) in [5, 5.41) is 3.31. The van der Waals surface area contributed by atoms with Gasteiger partial charge >= 0.3 is 0 Å². The van der Waals surface area contributed by atoms with E-state index < -0.39 is 0 Å². The molecule has 15 heavy (non-hydrogen) atoms. The Kier molecular flexibility index (Phi) is 6.46. The van der Waals surface area contributed by atoms with E-state index in [0.717, 1.165) is 13.1 Å². The van der Waals surface area contributed by atoms with Crippen LogP contribution in [0.15, 0.2) is 0 Å². The van der Waals surface area contributed by atoms with Gasteiger partial charge in [-0.15, -0.1) is 0 Å². The number of rotatable bonds is 6. The van der Waals surface area contributed by atoms with Crippen LogP contribution < -0.4 is 5.32 Å². The van der Waals surface area contributed by atoms with Crippen LogP contribution in [-0.2, 0) is 0 Å². The number of hydrogen-bond donors (Lipinski definition) is 1. The van der Waals surface area contributed by atoms with Gasteiger partial charge in [0.1, 0.15) is 0 Å². The molecule has 0 saturated carbocycles. The molecule has 0 amide bonds. The van der Waals surface area contributed by atoms with Gasteiger partial charge in [-0.3, -0.25) is 4.90 Å².